The van der Waals surface area contributed by atoms with Gasteiger partial charge in [-0.1, -0.05) is 17.7 Å². The molecule has 4 N–H and O–H groups in total. The van der Waals surface area contributed by atoms with E-state index in [-0.39, 0.29) is 5.82 Å². The second kappa shape index (κ2) is 5.56. The van der Waals surface area contributed by atoms with Crippen molar-refractivity contribution in [3.05, 3.63) is 41.7 Å². The molecule has 1 aromatic carbocycles. The van der Waals surface area contributed by atoms with Crippen molar-refractivity contribution < 1.29 is 13.2 Å². The molecule has 0 spiro atoms. The van der Waals surface area contributed by atoms with E-state index in [0.29, 0.717) is 5.69 Å². The Morgan fingerprint density at radius 1 is 1.20 bits per heavy atom. The molecule has 110 valence electrons. The minimum absolute atomic E-state index is 0.00354. The van der Waals surface area contributed by atoms with Crippen LogP contribution in [0.5, 0.6) is 0 Å². The van der Waals surface area contributed by atoms with Gasteiger partial charge in [0.2, 0.25) is 0 Å². The normalized spacial score (nSPS) is 13.2. The SMILES string of the molecule is Cc1ccc(N/C(N)=C\C(=N)C(C)(C)C(F)(F)F)cc1. The van der Waals surface area contributed by atoms with Crippen LogP contribution in [0.3, 0.4) is 0 Å². The summed E-state index contributed by atoms with van der Waals surface area (Å²) in [6.45, 7) is 3.82. The zero-order valence-corrected chi connectivity index (χ0v) is 11.6. The maximum Gasteiger partial charge on any atom is 0.399 e. The number of hydrogen-bond acceptors (Lipinski definition) is 3. The molecule has 0 saturated heterocycles. The Hall–Kier alpha value is -1.98. The number of nitrogens with two attached hydrogens (primary N) is 1. The van der Waals surface area contributed by atoms with Gasteiger partial charge in [-0.3, -0.25) is 0 Å². The number of rotatable bonds is 4. The van der Waals surface area contributed by atoms with Crippen LogP contribution in [-0.4, -0.2) is 11.9 Å². The van der Waals surface area contributed by atoms with E-state index in [1.54, 1.807) is 12.1 Å². The zero-order valence-electron chi connectivity index (χ0n) is 11.6. The molecule has 0 bridgehead atoms. The molecule has 0 amide bonds. The van der Waals surface area contributed by atoms with Gasteiger partial charge >= 0.3 is 6.18 Å². The van der Waals surface area contributed by atoms with Crippen molar-refractivity contribution in [2.75, 3.05) is 5.32 Å². The molecular formula is C14H18F3N3. The highest BCUT2D eigenvalue weighted by Gasteiger charge is 2.49. The standard InChI is InChI=1S/C14H18F3N3/c1-9-4-6-10(7-5-9)20-12(19)8-11(18)13(2,3)14(15,16)17/h4-8,18,20H,19H2,1-3H3/b12-8-,18-11?. The lowest BCUT2D eigenvalue weighted by Crippen LogP contribution is -2.39. The van der Waals surface area contributed by atoms with Gasteiger partial charge in [0.05, 0.1) is 0 Å². The van der Waals surface area contributed by atoms with Crippen LogP contribution in [0.1, 0.15) is 19.4 Å². The van der Waals surface area contributed by atoms with Crippen molar-refractivity contribution in [2.45, 2.75) is 26.9 Å². The van der Waals surface area contributed by atoms with Gasteiger partial charge in [-0.25, -0.2) is 0 Å². The van der Waals surface area contributed by atoms with Gasteiger partial charge in [0, 0.05) is 11.4 Å². The largest absolute Gasteiger partial charge is 0.399 e. The van der Waals surface area contributed by atoms with E-state index < -0.39 is 17.3 Å². The molecule has 1 aromatic rings. The summed E-state index contributed by atoms with van der Waals surface area (Å²) in [4.78, 5) is 0. The lowest BCUT2D eigenvalue weighted by atomic mass is 9.86. The van der Waals surface area contributed by atoms with Gasteiger partial charge in [-0.05, 0) is 39.0 Å². The number of alkyl halides is 3. The highest BCUT2D eigenvalue weighted by atomic mass is 19.4. The summed E-state index contributed by atoms with van der Waals surface area (Å²) in [5, 5.41) is 10.3. The third-order valence-corrected chi connectivity index (χ3v) is 3.02. The van der Waals surface area contributed by atoms with Crippen LogP contribution in [0.2, 0.25) is 0 Å². The summed E-state index contributed by atoms with van der Waals surface area (Å²) in [7, 11) is 0. The van der Waals surface area contributed by atoms with Gasteiger partial charge in [0.15, 0.2) is 0 Å². The second-order valence-corrected chi connectivity index (χ2v) is 5.13. The number of aryl methyl sites for hydroxylation is 1. The Balaban J connectivity index is 2.84. The minimum atomic E-state index is -4.50. The van der Waals surface area contributed by atoms with E-state index in [1.807, 2.05) is 19.1 Å². The number of benzene rings is 1. The summed E-state index contributed by atoms with van der Waals surface area (Å²) >= 11 is 0. The average Bonchev–Trinajstić information content (AvgIpc) is 2.30. The molecule has 1 rings (SSSR count). The number of nitrogens with one attached hydrogen (secondary N) is 2. The van der Waals surface area contributed by atoms with Crippen molar-refractivity contribution >= 4 is 11.4 Å². The zero-order chi connectivity index (χ0) is 15.6. The molecule has 6 heteroatoms. The van der Waals surface area contributed by atoms with Crippen molar-refractivity contribution in [1.29, 1.82) is 5.41 Å². The maximum atomic E-state index is 12.8. The maximum absolute atomic E-state index is 12.8. The predicted molar refractivity (Wildman–Crippen MR) is 74.6 cm³/mol. The number of halogens is 3. The molecule has 20 heavy (non-hydrogen) atoms. The quantitative estimate of drug-likeness (QED) is 0.736. The van der Waals surface area contributed by atoms with Crippen LogP contribution in [-0.2, 0) is 0 Å². The topological polar surface area (TPSA) is 61.9 Å². The smallest absolute Gasteiger partial charge is 0.385 e. The Labute approximate surface area is 116 Å². The number of allylic oxidation sites excluding steroid dienone is 1. The monoisotopic (exact) mass is 285 g/mol. The minimum Gasteiger partial charge on any atom is -0.385 e. The summed E-state index contributed by atoms with van der Waals surface area (Å²) < 4.78 is 38.3. The molecule has 0 aliphatic heterocycles. The third-order valence-electron chi connectivity index (χ3n) is 3.02. The highest BCUT2D eigenvalue weighted by Crippen LogP contribution is 2.38. The molecular weight excluding hydrogens is 267 g/mol. The lowest BCUT2D eigenvalue weighted by Gasteiger charge is -2.27. The summed E-state index contributed by atoms with van der Waals surface area (Å²) in [6.07, 6.45) is -3.50. The molecule has 3 nitrogen and oxygen atoms in total. The van der Waals surface area contributed by atoms with Crippen LogP contribution in [0.4, 0.5) is 18.9 Å². The van der Waals surface area contributed by atoms with Crippen molar-refractivity contribution in [3.63, 3.8) is 0 Å². The van der Waals surface area contributed by atoms with E-state index in [0.717, 1.165) is 25.5 Å². The van der Waals surface area contributed by atoms with E-state index >= 15 is 0 Å². The van der Waals surface area contributed by atoms with E-state index in [4.69, 9.17) is 11.1 Å². The summed E-state index contributed by atoms with van der Waals surface area (Å²) in [5.74, 6) is -0.00354. The summed E-state index contributed by atoms with van der Waals surface area (Å²) in [5.41, 5.74) is 4.50. The molecule has 0 saturated carbocycles. The molecule has 0 unspecified atom stereocenters. The first-order chi connectivity index (χ1) is 9.04. The molecule has 0 heterocycles. The third kappa shape index (κ3) is 3.76. The number of hydrogen-bond donors (Lipinski definition) is 3. The van der Waals surface area contributed by atoms with Crippen molar-refractivity contribution in [3.8, 4) is 0 Å². The second-order valence-electron chi connectivity index (χ2n) is 5.13. The molecule has 0 radical (unpaired) electrons. The highest BCUT2D eigenvalue weighted by molar-refractivity contribution is 5.98. The van der Waals surface area contributed by atoms with Crippen LogP contribution < -0.4 is 11.1 Å². The Bertz CT molecular complexity index is 513. The Kier molecular flexibility index (Phi) is 4.47. The molecule has 0 aliphatic rings. The van der Waals surface area contributed by atoms with Crippen molar-refractivity contribution in [1.82, 2.24) is 0 Å². The number of anilines is 1. The Morgan fingerprint density at radius 2 is 1.70 bits per heavy atom. The van der Waals surface area contributed by atoms with Crippen LogP contribution >= 0.6 is 0 Å². The van der Waals surface area contributed by atoms with Gasteiger partial charge in [-0.15, -0.1) is 0 Å². The predicted octanol–water partition coefficient (Wildman–Crippen LogP) is 3.82. The summed E-state index contributed by atoms with van der Waals surface area (Å²) in [6, 6.07) is 7.21. The fraction of sp³-hybridized carbons (Fsp3) is 0.357. The lowest BCUT2D eigenvalue weighted by molar-refractivity contribution is -0.186. The fourth-order valence-corrected chi connectivity index (χ4v) is 1.33. The molecule has 0 aromatic heterocycles. The van der Waals surface area contributed by atoms with E-state index in [9.17, 15) is 13.2 Å². The first-order valence-corrected chi connectivity index (χ1v) is 6.00. The fourth-order valence-electron chi connectivity index (χ4n) is 1.33. The van der Waals surface area contributed by atoms with Gasteiger partial charge in [-0.2, -0.15) is 13.2 Å². The van der Waals surface area contributed by atoms with Crippen molar-refractivity contribution in [2.24, 2.45) is 11.1 Å². The van der Waals surface area contributed by atoms with E-state index in [1.165, 1.54) is 0 Å². The first-order valence-electron chi connectivity index (χ1n) is 6.00. The van der Waals surface area contributed by atoms with Gasteiger partial charge in [0.25, 0.3) is 0 Å². The molecule has 0 fully saturated rings. The first kappa shape index (κ1) is 16.1. The molecule has 0 atom stereocenters. The van der Waals surface area contributed by atoms with Gasteiger partial charge in [0.1, 0.15) is 11.2 Å². The van der Waals surface area contributed by atoms with Crippen LogP contribution in [0, 0.1) is 17.7 Å². The van der Waals surface area contributed by atoms with Crippen LogP contribution in [0.25, 0.3) is 0 Å². The van der Waals surface area contributed by atoms with Gasteiger partial charge < -0.3 is 16.5 Å². The van der Waals surface area contributed by atoms with E-state index in [2.05, 4.69) is 5.32 Å². The average molecular weight is 285 g/mol. The van der Waals surface area contributed by atoms with Crippen LogP contribution in [0.15, 0.2) is 36.2 Å². The molecule has 0 aliphatic carbocycles. The Morgan fingerprint density at radius 3 is 2.15 bits per heavy atom.